The van der Waals surface area contributed by atoms with Crippen LogP contribution in [0.25, 0.3) is 0 Å². The topological polar surface area (TPSA) is 18.5 Å². The fraction of sp³-hybridized carbons (Fsp3) is 0.571. The van der Waals surface area contributed by atoms with Crippen LogP contribution < -0.4 is 0 Å². The lowest BCUT2D eigenvalue weighted by atomic mass is 10.1. The van der Waals surface area contributed by atoms with Gasteiger partial charge in [0.25, 0.3) is 0 Å². The first kappa shape index (κ1) is 15.6. The predicted molar refractivity (Wildman–Crippen MR) is 74.5 cm³/mol. The van der Waals surface area contributed by atoms with E-state index in [1.807, 2.05) is 0 Å². The molecule has 0 aliphatic rings. The van der Waals surface area contributed by atoms with Crippen molar-refractivity contribution in [1.29, 1.82) is 0 Å². The van der Waals surface area contributed by atoms with Crippen LogP contribution in [-0.2, 0) is 9.47 Å². The average Bonchev–Trinajstić information content (AvgIpc) is 2.35. The Morgan fingerprint density at radius 2 is 1.83 bits per heavy atom. The molecule has 0 N–H and O–H groups in total. The second-order valence-electron chi connectivity index (χ2n) is 4.53. The largest absolute Gasteiger partial charge is 0.379 e. The quantitative estimate of drug-likeness (QED) is 0.533. The van der Waals surface area contributed by atoms with Crippen LogP contribution in [0.5, 0.6) is 0 Å². The predicted octanol–water partition coefficient (Wildman–Crippen LogP) is 3.95. The van der Waals surface area contributed by atoms with E-state index in [2.05, 4.69) is 29.8 Å². The summed E-state index contributed by atoms with van der Waals surface area (Å²) in [5.41, 5.74) is 0.970. The molecule has 18 heavy (non-hydrogen) atoms. The number of alkyl halides is 1. The Labute approximate surface area is 117 Å². The van der Waals surface area contributed by atoms with E-state index in [1.54, 1.807) is 12.1 Å². The highest BCUT2D eigenvalue weighted by Crippen LogP contribution is 2.19. The van der Waals surface area contributed by atoms with Gasteiger partial charge >= 0.3 is 0 Å². The van der Waals surface area contributed by atoms with Crippen molar-refractivity contribution in [2.75, 3.05) is 25.2 Å². The highest BCUT2D eigenvalue weighted by Gasteiger charge is 2.10. The molecule has 1 unspecified atom stereocenters. The molecule has 0 radical (unpaired) electrons. The van der Waals surface area contributed by atoms with Crippen LogP contribution in [0.15, 0.2) is 24.3 Å². The summed E-state index contributed by atoms with van der Waals surface area (Å²) in [6.45, 7) is 6.10. The summed E-state index contributed by atoms with van der Waals surface area (Å²) in [7, 11) is 0. The molecule has 0 aliphatic carbocycles. The van der Waals surface area contributed by atoms with E-state index >= 15 is 0 Å². The first-order valence-electron chi connectivity index (χ1n) is 6.14. The van der Waals surface area contributed by atoms with Gasteiger partial charge in [0.05, 0.1) is 19.3 Å². The molecule has 0 fully saturated rings. The summed E-state index contributed by atoms with van der Waals surface area (Å²) in [6.07, 6.45) is -0.0618. The molecule has 0 aliphatic heterocycles. The summed E-state index contributed by atoms with van der Waals surface area (Å²) in [4.78, 5) is 0. The normalized spacial score (nSPS) is 12.9. The van der Waals surface area contributed by atoms with Gasteiger partial charge in [-0.3, -0.25) is 0 Å². The average molecular weight is 319 g/mol. The smallest absolute Gasteiger partial charge is 0.123 e. The summed E-state index contributed by atoms with van der Waals surface area (Å²) in [5.74, 6) is 0.307. The number of ether oxygens (including phenoxy) is 2. The maximum absolute atomic E-state index is 12.8. The summed E-state index contributed by atoms with van der Waals surface area (Å²) in [5, 5.41) is 0.683. The molecule has 1 atom stereocenters. The fourth-order valence-corrected chi connectivity index (χ4v) is 2.04. The SMILES string of the molecule is CC(C)COCCOC(CBr)c1ccc(F)cc1. The second-order valence-corrected chi connectivity index (χ2v) is 5.18. The molecular formula is C14H20BrFO2. The van der Waals surface area contributed by atoms with Gasteiger partial charge < -0.3 is 9.47 Å². The third kappa shape index (κ3) is 5.94. The van der Waals surface area contributed by atoms with Crippen LogP contribution in [0, 0.1) is 11.7 Å². The molecule has 2 nitrogen and oxygen atoms in total. The van der Waals surface area contributed by atoms with Gasteiger partial charge in [0.2, 0.25) is 0 Å². The van der Waals surface area contributed by atoms with Crippen molar-refractivity contribution in [2.24, 2.45) is 5.92 Å². The van der Waals surface area contributed by atoms with Crippen molar-refractivity contribution in [3.8, 4) is 0 Å². The standard InChI is InChI=1S/C14H20BrFO2/c1-11(2)10-17-7-8-18-14(9-15)12-3-5-13(16)6-4-12/h3-6,11,14H,7-10H2,1-2H3. The van der Waals surface area contributed by atoms with Gasteiger partial charge in [0, 0.05) is 11.9 Å². The maximum Gasteiger partial charge on any atom is 0.123 e. The van der Waals surface area contributed by atoms with Gasteiger partial charge in [-0.1, -0.05) is 41.9 Å². The number of hydrogen-bond acceptors (Lipinski definition) is 2. The van der Waals surface area contributed by atoms with Gasteiger partial charge in [-0.2, -0.15) is 0 Å². The lowest BCUT2D eigenvalue weighted by Gasteiger charge is -2.16. The molecule has 0 saturated carbocycles. The van der Waals surface area contributed by atoms with E-state index in [-0.39, 0.29) is 11.9 Å². The van der Waals surface area contributed by atoms with Crippen LogP contribution >= 0.6 is 15.9 Å². The van der Waals surface area contributed by atoms with Crippen LogP contribution in [0.3, 0.4) is 0 Å². The van der Waals surface area contributed by atoms with Crippen molar-refractivity contribution in [1.82, 2.24) is 0 Å². The zero-order valence-corrected chi connectivity index (χ0v) is 12.5. The van der Waals surface area contributed by atoms with Crippen LogP contribution in [0.4, 0.5) is 4.39 Å². The van der Waals surface area contributed by atoms with E-state index in [0.29, 0.717) is 24.5 Å². The molecule has 0 aromatic heterocycles. The van der Waals surface area contributed by atoms with Gasteiger partial charge in [0.15, 0.2) is 0 Å². The highest BCUT2D eigenvalue weighted by atomic mass is 79.9. The Hall–Kier alpha value is -0.450. The van der Waals surface area contributed by atoms with E-state index in [9.17, 15) is 4.39 Å². The Kier molecular flexibility index (Phi) is 7.47. The Balaban J connectivity index is 2.31. The Bertz CT molecular complexity index is 327. The number of hydrogen-bond donors (Lipinski definition) is 0. The van der Waals surface area contributed by atoms with E-state index in [4.69, 9.17) is 9.47 Å². The van der Waals surface area contributed by atoms with Gasteiger partial charge in [0.1, 0.15) is 5.82 Å². The van der Waals surface area contributed by atoms with Crippen molar-refractivity contribution >= 4 is 15.9 Å². The third-order valence-electron chi connectivity index (χ3n) is 2.38. The van der Waals surface area contributed by atoms with E-state index < -0.39 is 0 Å². The Morgan fingerprint density at radius 3 is 2.39 bits per heavy atom. The molecule has 0 amide bonds. The number of halogens is 2. The van der Waals surface area contributed by atoms with E-state index in [1.165, 1.54) is 12.1 Å². The first-order chi connectivity index (χ1) is 8.63. The minimum absolute atomic E-state index is 0.0618. The summed E-state index contributed by atoms with van der Waals surface area (Å²) in [6, 6.07) is 6.39. The molecule has 0 saturated heterocycles. The van der Waals surface area contributed by atoms with Crippen molar-refractivity contribution in [2.45, 2.75) is 20.0 Å². The molecule has 0 spiro atoms. The minimum atomic E-state index is -0.229. The number of rotatable bonds is 8. The minimum Gasteiger partial charge on any atom is -0.379 e. The third-order valence-corrected chi connectivity index (χ3v) is 2.97. The maximum atomic E-state index is 12.8. The molecule has 1 aromatic rings. The van der Waals surface area contributed by atoms with E-state index in [0.717, 1.165) is 12.2 Å². The van der Waals surface area contributed by atoms with Gasteiger partial charge in [-0.15, -0.1) is 0 Å². The summed E-state index contributed by atoms with van der Waals surface area (Å²) < 4.78 is 24.0. The molecule has 102 valence electrons. The molecule has 1 rings (SSSR count). The van der Waals surface area contributed by atoms with Crippen molar-refractivity contribution < 1.29 is 13.9 Å². The zero-order chi connectivity index (χ0) is 13.4. The fourth-order valence-electron chi connectivity index (χ4n) is 1.48. The molecule has 4 heteroatoms. The van der Waals surface area contributed by atoms with Crippen LogP contribution in [-0.4, -0.2) is 25.2 Å². The molecule has 0 bridgehead atoms. The van der Waals surface area contributed by atoms with Crippen LogP contribution in [0.2, 0.25) is 0 Å². The molecule has 1 aromatic carbocycles. The first-order valence-corrected chi connectivity index (χ1v) is 7.26. The van der Waals surface area contributed by atoms with Gasteiger partial charge in [-0.05, 0) is 23.6 Å². The number of benzene rings is 1. The van der Waals surface area contributed by atoms with Crippen LogP contribution in [0.1, 0.15) is 25.5 Å². The van der Waals surface area contributed by atoms with Crippen molar-refractivity contribution in [3.63, 3.8) is 0 Å². The monoisotopic (exact) mass is 318 g/mol. The second kappa shape index (κ2) is 8.62. The molecule has 0 heterocycles. The van der Waals surface area contributed by atoms with Gasteiger partial charge in [-0.25, -0.2) is 4.39 Å². The summed E-state index contributed by atoms with van der Waals surface area (Å²) >= 11 is 3.40. The zero-order valence-electron chi connectivity index (χ0n) is 10.9. The lowest BCUT2D eigenvalue weighted by Crippen LogP contribution is -2.12. The van der Waals surface area contributed by atoms with Crippen molar-refractivity contribution in [3.05, 3.63) is 35.6 Å². The molecular weight excluding hydrogens is 299 g/mol. The Morgan fingerprint density at radius 1 is 1.17 bits per heavy atom. The lowest BCUT2D eigenvalue weighted by molar-refractivity contribution is 0.00758. The highest BCUT2D eigenvalue weighted by molar-refractivity contribution is 9.09.